The van der Waals surface area contributed by atoms with E-state index in [9.17, 15) is 22.4 Å². The van der Waals surface area contributed by atoms with Crippen LogP contribution in [-0.4, -0.2) is 51.7 Å². The van der Waals surface area contributed by atoms with Crippen LogP contribution in [0.1, 0.15) is 21.7 Å². The number of halogens is 5. The molecule has 2 heterocycles. The van der Waals surface area contributed by atoms with Crippen molar-refractivity contribution in [2.45, 2.75) is 12.7 Å². The predicted molar refractivity (Wildman–Crippen MR) is 93.5 cm³/mol. The highest BCUT2D eigenvalue weighted by atomic mass is 79.9. The summed E-state index contributed by atoms with van der Waals surface area (Å²) in [6, 6.07) is 6.30. The minimum Gasteiger partial charge on any atom is -0.335 e. The summed E-state index contributed by atoms with van der Waals surface area (Å²) in [6.45, 7) is 2.35. The average Bonchev–Trinajstić information content (AvgIpc) is 2.89. The summed E-state index contributed by atoms with van der Waals surface area (Å²) in [7, 11) is 1.15. The van der Waals surface area contributed by atoms with E-state index in [1.54, 1.807) is 6.07 Å². The third-order valence-electron chi connectivity index (χ3n) is 4.42. The molecule has 0 saturated carbocycles. The Morgan fingerprint density at radius 1 is 1.22 bits per heavy atom. The summed E-state index contributed by atoms with van der Waals surface area (Å²) >= 11 is 2.87. The monoisotopic (exact) mass is 448 g/mol. The number of carbonyl (C=O) groups is 1. The molecule has 1 fully saturated rings. The number of aromatic nitrogens is 2. The number of carbonyl (C=O) groups excluding carboxylic acids is 1. The molecule has 5 nitrogen and oxygen atoms in total. The first kappa shape index (κ1) is 19.8. The van der Waals surface area contributed by atoms with Gasteiger partial charge in [0.1, 0.15) is 5.82 Å². The number of piperazine rings is 1. The van der Waals surface area contributed by atoms with Crippen molar-refractivity contribution in [1.29, 1.82) is 0 Å². The van der Waals surface area contributed by atoms with Crippen LogP contribution >= 0.6 is 15.9 Å². The first-order chi connectivity index (χ1) is 12.7. The van der Waals surface area contributed by atoms with Crippen molar-refractivity contribution in [3.63, 3.8) is 0 Å². The van der Waals surface area contributed by atoms with E-state index in [1.165, 1.54) is 17.0 Å². The maximum Gasteiger partial charge on any atom is 0.434 e. The minimum absolute atomic E-state index is 0.247. The van der Waals surface area contributed by atoms with E-state index in [-0.39, 0.29) is 16.0 Å². The zero-order valence-corrected chi connectivity index (χ0v) is 16.0. The van der Waals surface area contributed by atoms with Gasteiger partial charge in [-0.1, -0.05) is 12.1 Å². The first-order valence-electron chi connectivity index (χ1n) is 8.22. The van der Waals surface area contributed by atoms with Crippen molar-refractivity contribution in [2.24, 2.45) is 7.05 Å². The van der Waals surface area contributed by atoms with Crippen molar-refractivity contribution < 1.29 is 22.4 Å². The fourth-order valence-corrected chi connectivity index (χ4v) is 3.83. The number of hydrogen-bond acceptors (Lipinski definition) is 3. The summed E-state index contributed by atoms with van der Waals surface area (Å²) in [4.78, 5) is 16.2. The Kier molecular flexibility index (Phi) is 5.57. The van der Waals surface area contributed by atoms with Crippen LogP contribution in [0, 0.1) is 5.82 Å². The van der Waals surface area contributed by atoms with Crippen LogP contribution in [0.25, 0.3) is 0 Å². The molecule has 0 spiro atoms. The first-order valence-corrected chi connectivity index (χ1v) is 9.02. The molecule has 0 N–H and O–H groups in total. The fraction of sp³-hybridized carbons (Fsp3) is 0.412. The van der Waals surface area contributed by atoms with Crippen molar-refractivity contribution in [3.8, 4) is 0 Å². The minimum atomic E-state index is -4.61. The molecule has 0 unspecified atom stereocenters. The number of nitrogens with zero attached hydrogens (tertiary/aromatic N) is 4. The topological polar surface area (TPSA) is 41.4 Å². The van der Waals surface area contributed by atoms with E-state index in [0.29, 0.717) is 37.4 Å². The van der Waals surface area contributed by atoms with Crippen molar-refractivity contribution >= 4 is 21.8 Å². The molecule has 10 heteroatoms. The highest BCUT2D eigenvalue weighted by Gasteiger charge is 2.40. The lowest BCUT2D eigenvalue weighted by atomic mass is 10.2. The number of amides is 1. The highest BCUT2D eigenvalue weighted by molar-refractivity contribution is 9.10. The van der Waals surface area contributed by atoms with Gasteiger partial charge in [-0.2, -0.15) is 18.3 Å². The zero-order valence-electron chi connectivity index (χ0n) is 14.4. The average molecular weight is 449 g/mol. The number of alkyl halides is 3. The second-order valence-corrected chi connectivity index (χ2v) is 7.12. The Hall–Kier alpha value is -1.94. The second-order valence-electron chi connectivity index (χ2n) is 6.33. The molecular weight excluding hydrogens is 432 g/mol. The van der Waals surface area contributed by atoms with Crippen LogP contribution in [0.4, 0.5) is 17.6 Å². The number of rotatable bonds is 3. The third kappa shape index (κ3) is 4.32. The maximum atomic E-state index is 13.3. The van der Waals surface area contributed by atoms with Crippen LogP contribution in [0.15, 0.2) is 28.7 Å². The largest absolute Gasteiger partial charge is 0.434 e. The van der Waals surface area contributed by atoms with Crippen molar-refractivity contribution in [3.05, 3.63) is 51.5 Å². The van der Waals surface area contributed by atoms with Gasteiger partial charge in [-0.25, -0.2) is 4.39 Å². The summed E-state index contributed by atoms with van der Waals surface area (Å²) in [6.07, 6.45) is -4.61. The van der Waals surface area contributed by atoms with Crippen molar-refractivity contribution in [2.75, 3.05) is 26.2 Å². The number of aryl methyl sites for hydroxylation is 1. The molecule has 1 aromatic heterocycles. The molecule has 27 heavy (non-hydrogen) atoms. The van der Waals surface area contributed by atoms with Crippen LogP contribution in [0.5, 0.6) is 0 Å². The molecule has 0 bridgehead atoms. The van der Waals surface area contributed by atoms with Crippen LogP contribution in [0.2, 0.25) is 0 Å². The molecule has 2 aromatic rings. The molecule has 0 radical (unpaired) electrons. The molecule has 1 saturated heterocycles. The van der Waals surface area contributed by atoms with Gasteiger partial charge in [0.25, 0.3) is 5.91 Å². The van der Waals surface area contributed by atoms with E-state index in [0.717, 1.165) is 12.6 Å². The molecule has 3 rings (SSSR count). The smallest absolute Gasteiger partial charge is 0.335 e. The van der Waals surface area contributed by atoms with Crippen molar-refractivity contribution in [1.82, 2.24) is 19.6 Å². The summed E-state index contributed by atoms with van der Waals surface area (Å²) in [5, 5.41) is 3.75. The third-order valence-corrected chi connectivity index (χ3v) is 5.17. The van der Waals surface area contributed by atoms with Gasteiger partial charge in [0.15, 0.2) is 11.4 Å². The van der Waals surface area contributed by atoms with Gasteiger partial charge >= 0.3 is 6.18 Å². The lowest BCUT2D eigenvalue weighted by molar-refractivity contribution is -0.144. The van der Waals surface area contributed by atoms with E-state index < -0.39 is 17.8 Å². The molecule has 0 aliphatic carbocycles. The Bertz CT molecular complexity index is 844. The number of hydrogen-bond donors (Lipinski definition) is 0. The Labute approximate surface area is 161 Å². The van der Waals surface area contributed by atoms with Gasteiger partial charge in [0.05, 0.1) is 4.47 Å². The molecular formula is C17H17BrF4N4O. The lowest BCUT2D eigenvalue weighted by Gasteiger charge is -2.34. The van der Waals surface area contributed by atoms with Gasteiger partial charge in [-0.15, -0.1) is 0 Å². The predicted octanol–water partition coefficient (Wildman–Crippen LogP) is 3.30. The molecule has 0 atom stereocenters. The van der Waals surface area contributed by atoms with Crippen LogP contribution in [0.3, 0.4) is 0 Å². The Balaban J connectivity index is 1.65. The molecule has 1 aliphatic heterocycles. The Morgan fingerprint density at radius 2 is 1.89 bits per heavy atom. The molecule has 1 aliphatic rings. The normalized spacial score (nSPS) is 16.0. The van der Waals surface area contributed by atoms with E-state index in [2.05, 4.69) is 25.9 Å². The second kappa shape index (κ2) is 7.59. The zero-order chi connectivity index (χ0) is 19.8. The summed E-state index contributed by atoms with van der Waals surface area (Å²) in [5.74, 6) is -0.847. The molecule has 1 aromatic carbocycles. The van der Waals surface area contributed by atoms with Gasteiger partial charge in [0.2, 0.25) is 0 Å². The van der Waals surface area contributed by atoms with Crippen LogP contribution in [-0.2, 0) is 19.8 Å². The summed E-state index contributed by atoms with van der Waals surface area (Å²) < 4.78 is 52.8. The maximum absolute atomic E-state index is 13.3. The SMILES string of the molecule is Cn1nc(C(=O)N2CCN(Cc3cccc(F)c3)CC2)c(Br)c1C(F)(F)F. The van der Waals surface area contributed by atoms with Gasteiger partial charge in [-0.05, 0) is 33.6 Å². The quantitative estimate of drug-likeness (QED) is 0.676. The van der Waals surface area contributed by atoms with Gasteiger partial charge < -0.3 is 4.90 Å². The molecule has 146 valence electrons. The van der Waals surface area contributed by atoms with Crippen LogP contribution < -0.4 is 0 Å². The number of benzene rings is 1. The highest BCUT2D eigenvalue weighted by Crippen LogP contribution is 2.36. The lowest BCUT2D eigenvalue weighted by Crippen LogP contribution is -2.48. The van der Waals surface area contributed by atoms with Gasteiger partial charge in [0, 0.05) is 39.8 Å². The van der Waals surface area contributed by atoms with E-state index in [1.807, 2.05) is 6.07 Å². The fourth-order valence-electron chi connectivity index (χ4n) is 3.10. The summed E-state index contributed by atoms with van der Waals surface area (Å²) in [5.41, 5.74) is -0.406. The van der Waals surface area contributed by atoms with E-state index in [4.69, 9.17) is 0 Å². The van der Waals surface area contributed by atoms with Gasteiger partial charge in [-0.3, -0.25) is 14.4 Å². The molecule has 1 amide bonds. The standard InChI is InChI=1S/C17H17BrF4N4O/c1-24-15(17(20,21)22)13(18)14(23-24)16(27)26-7-5-25(6-8-26)10-11-3-2-4-12(19)9-11/h2-4,9H,5-8,10H2,1H3. The van der Waals surface area contributed by atoms with E-state index >= 15 is 0 Å². The Morgan fingerprint density at radius 3 is 2.44 bits per heavy atom.